The molecule has 0 saturated carbocycles. The largest absolute Gasteiger partial charge is 0.454 e. The van der Waals surface area contributed by atoms with Crippen LogP contribution in [0.15, 0.2) is 109 Å². The molecule has 5 heterocycles. The van der Waals surface area contributed by atoms with Crippen molar-refractivity contribution in [3.63, 3.8) is 0 Å². The Morgan fingerprint density at radius 1 is 0.741 bits per heavy atom. The number of nitrogens with zero attached hydrogens (tertiary/aromatic N) is 2. The van der Waals surface area contributed by atoms with E-state index >= 15 is 0 Å². The maximum Gasteiger partial charge on any atom is 0.343 e. The van der Waals surface area contributed by atoms with Gasteiger partial charge in [0.25, 0.3) is 5.91 Å². The molecule has 4 aromatic rings. The van der Waals surface area contributed by atoms with Crippen molar-refractivity contribution in [2.45, 2.75) is 155 Å². The number of ether oxygens (including phenoxy) is 7. The summed E-state index contributed by atoms with van der Waals surface area (Å²) in [6, 6.07) is 27.9. The lowest BCUT2D eigenvalue weighted by Gasteiger charge is -2.45. The normalized spacial score (nSPS) is 27.2. The van der Waals surface area contributed by atoms with Crippen molar-refractivity contribution in [2.75, 3.05) is 43.2 Å². The van der Waals surface area contributed by atoms with Crippen molar-refractivity contribution < 1.29 is 57.4 Å². The molecule has 5 fully saturated rings. The van der Waals surface area contributed by atoms with Crippen molar-refractivity contribution in [3.8, 4) is 0 Å². The SMILES string of the molecule is CO[C@@H](C(=O)NC1CSCCN(Cc2ccc3ccccc3c2)C1=O)[C@@H]1OC(C)(C)O[C@H](/C=C/C(C)(C)C)[C@@H]1O.Cl.NC1CSCCN(Cc2ccc3ccccc3c2)C1=O.[CH2+]O[C@H]1C(=O)O[C@@H]2[C@H]1OC(C)(C)O[C@@H]2/C=C/C(C)(C)C. The number of carbonyl (C=O) groups is 4. The Bertz CT molecular complexity index is 2840. The van der Waals surface area contributed by atoms with Gasteiger partial charge in [0, 0.05) is 56.3 Å². The van der Waals surface area contributed by atoms with Gasteiger partial charge in [0.2, 0.25) is 25.0 Å². The average Bonchev–Trinajstić information content (AvgIpc) is 3.75. The molecule has 19 heteroatoms. The Hall–Kier alpha value is -4.70. The Morgan fingerprint density at radius 2 is 1.23 bits per heavy atom. The molecule has 442 valence electrons. The van der Waals surface area contributed by atoms with Crippen LogP contribution in [0, 0.1) is 17.9 Å². The fourth-order valence-corrected chi connectivity index (χ4v) is 11.8. The molecule has 4 aromatic carbocycles. The second kappa shape index (κ2) is 28.3. The third-order valence-corrected chi connectivity index (χ3v) is 16.0. The molecule has 5 saturated heterocycles. The molecule has 0 aromatic heterocycles. The number of aliphatic hydroxyl groups is 1. The third kappa shape index (κ3) is 18.2. The van der Waals surface area contributed by atoms with E-state index in [0.717, 1.165) is 45.7 Å². The van der Waals surface area contributed by atoms with Gasteiger partial charge >= 0.3 is 5.97 Å². The number of amides is 3. The zero-order valence-corrected chi connectivity index (χ0v) is 51.1. The highest BCUT2D eigenvalue weighted by Gasteiger charge is 2.57. The van der Waals surface area contributed by atoms with Crippen molar-refractivity contribution >= 4 is 81.2 Å². The number of nitrogens with one attached hydrogen (secondary N) is 1. The van der Waals surface area contributed by atoms with Gasteiger partial charge in [-0.25, -0.2) is 4.79 Å². The van der Waals surface area contributed by atoms with Crippen LogP contribution in [0.3, 0.4) is 0 Å². The van der Waals surface area contributed by atoms with Crippen molar-refractivity contribution in [1.29, 1.82) is 0 Å². The molecule has 0 aliphatic carbocycles. The van der Waals surface area contributed by atoms with E-state index in [0.29, 0.717) is 25.4 Å². The predicted octanol–water partition coefficient (Wildman–Crippen LogP) is 8.77. The van der Waals surface area contributed by atoms with E-state index < -0.39 is 72.2 Å². The Labute approximate surface area is 493 Å². The van der Waals surface area contributed by atoms with E-state index in [1.54, 1.807) is 42.3 Å². The highest BCUT2D eigenvalue weighted by atomic mass is 35.5. The van der Waals surface area contributed by atoms with Gasteiger partial charge in [-0.05, 0) is 83.3 Å². The number of fused-ring (bicyclic) bond motifs is 3. The Kier molecular flexibility index (Phi) is 22.8. The highest BCUT2D eigenvalue weighted by molar-refractivity contribution is 7.99. The van der Waals surface area contributed by atoms with Gasteiger partial charge in [0.15, 0.2) is 23.8 Å². The van der Waals surface area contributed by atoms with Crippen LogP contribution in [0.2, 0.25) is 0 Å². The lowest BCUT2D eigenvalue weighted by Crippen LogP contribution is -2.62. The van der Waals surface area contributed by atoms with Gasteiger partial charge in [-0.2, -0.15) is 28.3 Å². The van der Waals surface area contributed by atoms with E-state index in [1.165, 1.54) is 17.9 Å². The molecular weight excluding hydrogens is 1090 g/mol. The van der Waals surface area contributed by atoms with Crippen molar-refractivity contribution in [1.82, 2.24) is 15.1 Å². The second-order valence-corrected chi connectivity index (χ2v) is 26.2. The number of carbonyl (C=O) groups excluding carboxylic acids is 4. The third-order valence-electron chi connectivity index (χ3n) is 13.9. The van der Waals surface area contributed by atoms with Gasteiger partial charge in [0.05, 0.1) is 6.04 Å². The molecule has 3 amide bonds. The molecule has 0 radical (unpaired) electrons. The fraction of sp³-hybridized carbons (Fsp3) is 0.532. The van der Waals surface area contributed by atoms with Crippen LogP contribution in [0.5, 0.6) is 0 Å². The molecular formula is C62H84ClN4O12S2+. The Balaban J connectivity index is 0.000000215. The van der Waals surface area contributed by atoms with Gasteiger partial charge in [0.1, 0.15) is 36.6 Å². The topological polar surface area (TPSA) is 198 Å². The van der Waals surface area contributed by atoms with Crippen molar-refractivity contribution in [3.05, 3.63) is 127 Å². The number of aliphatic hydroxyl groups excluding tert-OH is 1. The number of nitrogens with two attached hydrogens (primary N) is 1. The summed E-state index contributed by atoms with van der Waals surface area (Å²) in [5, 5.41) is 18.8. The number of methoxy groups -OCH3 is 1. The molecule has 81 heavy (non-hydrogen) atoms. The first-order valence-electron chi connectivity index (χ1n) is 27.4. The smallest absolute Gasteiger partial charge is 0.343 e. The summed E-state index contributed by atoms with van der Waals surface area (Å²) in [5.41, 5.74) is 8.00. The Morgan fingerprint density at radius 3 is 1.77 bits per heavy atom. The number of hydrogen-bond acceptors (Lipinski definition) is 15. The van der Waals surface area contributed by atoms with E-state index in [1.807, 2.05) is 94.2 Å². The first-order valence-corrected chi connectivity index (χ1v) is 29.7. The number of rotatable bonds is 11. The van der Waals surface area contributed by atoms with E-state index in [9.17, 15) is 24.3 Å². The molecule has 10 atom stereocenters. The van der Waals surface area contributed by atoms with Crippen LogP contribution in [0.25, 0.3) is 21.5 Å². The summed E-state index contributed by atoms with van der Waals surface area (Å²) in [4.78, 5) is 54.8. The predicted molar refractivity (Wildman–Crippen MR) is 322 cm³/mol. The minimum atomic E-state index is -1.15. The summed E-state index contributed by atoms with van der Waals surface area (Å²) in [6.45, 7) is 22.0. The average molecular weight is 1180 g/mol. The van der Waals surface area contributed by atoms with Crippen LogP contribution in [-0.4, -0.2) is 154 Å². The summed E-state index contributed by atoms with van der Waals surface area (Å²) >= 11 is 3.38. The minimum Gasteiger partial charge on any atom is -0.454 e. The second-order valence-electron chi connectivity index (χ2n) is 23.9. The lowest BCUT2D eigenvalue weighted by molar-refractivity contribution is -0.334. The van der Waals surface area contributed by atoms with Gasteiger partial charge < -0.3 is 54.4 Å². The van der Waals surface area contributed by atoms with Crippen LogP contribution in [-0.2, 0) is 65.4 Å². The quantitative estimate of drug-likeness (QED) is 0.0731. The number of benzene rings is 4. The molecule has 4 N–H and O–H groups in total. The highest BCUT2D eigenvalue weighted by Crippen LogP contribution is 2.37. The minimum absolute atomic E-state index is 0. The number of hydrogen-bond donors (Lipinski definition) is 3. The molecule has 16 nitrogen and oxygen atoms in total. The number of allylic oxidation sites excluding steroid dienone is 2. The zero-order valence-electron chi connectivity index (χ0n) is 48.7. The number of esters is 1. The van der Waals surface area contributed by atoms with Gasteiger partial charge in [-0.15, -0.1) is 12.4 Å². The van der Waals surface area contributed by atoms with E-state index in [-0.39, 0.29) is 47.2 Å². The van der Waals surface area contributed by atoms with Crippen LogP contribution in [0.4, 0.5) is 0 Å². The van der Waals surface area contributed by atoms with Crippen LogP contribution < -0.4 is 11.1 Å². The van der Waals surface area contributed by atoms with E-state index in [4.69, 9.17) is 38.9 Å². The number of thioether (sulfide) groups is 2. The molecule has 5 aliphatic heterocycles. The molecule has 5 aliphatic rings. The summed E-state index contributed by atoms with van der Waals surface area (Å²) in [5.74, 6) is 0.0349. The molecule has 0 spiro atoms. The molecule has 0 bridgehead atoms. The van der Waals surface area contributed by atoms with Gasteiger partial charge in [-0.3, -0.25) is 14.4 Å². The van der Waals surface area contributed by atoms with Crippen LogP contribution >= 0.6 is 35.9 Å². The van der Waals surface area contributed by atoms with Gasteiger partial charge in [-0.1, -0.05) is 139 Å². The number of halogens is 1. The molecule has 9 rings (SSSR count). The first kappa shape index (κ1) is 65.5. The maximum atomic E-state index is 13.6. The zero-order chi connectivity index (χ0) is 58.2. The standard InChI is InChI=1S/C31H42N2O6S.C16H18N2OS.C15H23O5.ClH/c1-30(2,3)14-13-24-25(34)26(39-31(4,5)38-24)27(37-6)28(35)32-23-19-40-16-15-33(29(23)36)18-20-11-12-21-9-7-8-10-22(21)17-20;17-15-11-20-8-7-18(16(15)19)10-12-5-6-13-3-1-2-4-14(13)9-12;1-14(2,3)8-7-9-10-11(20-15(4,5)19-9)12(17-6)13(16)18-10;/h7-14,17,23-27,34H,15-16,18-19H2,1-6H3,(H,32,35);1-6,9,15H,7-8,10-11,17H2;7-12H,6H2,1-5H3;1H/q;;+1;/b14-13+;;8-7+;/t23?,24-,25+,26-,27-;;9-,10+,11-,12-;/m1.1./s1. The first-order chi connectivity index (χ1) is 37.7. The van der Waals surface area contributed by atoms with Crippen LogP contribution in [0.1, 0.15) is 80.4 Å². The summed E-state index contributed by atoms with van der Waals surface area (Å²) in [7, 11) is 4.73. The summed E-state index contributed by atoms with van der Waals surface area (Å²) in [6.07, 6.45) is 1.62. The summed E-state index contributed by atoms with van der Waals surface area (Å²) < 4.78 is 39.4. The van der Waals surface area contributed by atoms with Crippen molar-refractivity contribution in [2.24, 2.45) is 16.6 Å². The molecule has 2 unspecified atom stereocenters. The fourth-order valence-electron chi connectivity index (χ4n) is 9.95. The lowest BCUT2D eigenvalue weighted by atomic mass is 9.93. The maximum absolute atomic E-state index is 13.6. The van der Waals surface area contributed by atoms with E-state index in [2.05, 4.69) is 87.8 Å². The monoisotopic (exact) mass is 1180 g/mol.